The number of halogens is 1. The van der Waals surface area contributed by atoms with Crippen LogP contribution in [0.25, 0.3) is 0 Å². The van der Waals surface area contributed by atoms with Crippen molar-refractivity contribution in [2.24, 2.45) is 5.92 Å². The van der Waals surface area contributed by atoms with E-state index in [1.165, 1.54) is 48.6 Å². The van der Waals surface area contributed by atoms with Crippen molar-refractivity contribution in [3.05, 3.63) is 34.3 Å². The number of hydrogen-bond donors (Lipinski definition) is 0. The maximum Gasteiger partial charge on any atom is 0.0207 e. The SMILES string of the molecule is CCCCCCC(C)Cc1ccccc1Br. The van der Waals surface area contributed by atoms with Crippen LogP contribution >= 0.6 is 15.9 Å². The average Bonchev–Trinajstić information content (AvgIpc) is 2.28. The van der Waals surface area contributed by atoms with Gasteiger partial charge in [0.25, 0.3) is 0 Å². The highest BCUT2D eigenvalue weighted by molar-refractivity contribution is 9.10. The molecule has 0 radical (unpaired) electrons. The average molecular weight is 283 g/mol. The maximum absolute atomic E-state index is 3.62. The van der Waals surface area contributed by atoms with E-state index in [2.05, 4.69) is 54.0 Å². The molecule has 0 fully saturated rings. The van der Waals surface area contributed by atoms with Crippen LogP contribution in [0.3, 0.4) is 0 Å². The summed E-state index contributed by atoms with van der Waals surface area (Å²) >= 11 is 3.62. The normalized spacial score (nSPS) is 12.7. The predicted octanol–water partition coefficient (Wildman–Crippen LogP) is 5.60. The first-order valence-corrected chi connectivity index (χ1v) is 7.26. The summed E-state index contributed by atoms with van der Waals surface area (Å²) in [7, 11) is 0. The molecular weight excluding hydrogens is 260 g/mol. The molecule has 0 spiro atoms. The fourth-order valence-electron chi connectivity index (χ4n) is 2.06. The molecule has 90 valence electrons. The minimum Gasteiger partial charge on any atom is -0.0654 e. The number of unbranched alkanes of at least 4 members (excludes halogenated alkanes) is 3. The van der Waals surface area contributed by atoms with Gasteiger partial charge in [-0.2, -0.15) is 0 Å². The van der Waals surface area contributed by atoms with Gasteiger partial charge >= 0.3 is 0 Å². The summed E-state index contributed by atoms with van der Waals surface area (Å²) in [6.07, 6.45) is 8.07. The highest BCUT2D eigenvalue weighted by Crippen LogP contribution is 2.22. The minimum absolute atomic E-state index is 0.801. The molecule has 0 amide bonds. The second kappa shape index (κ2) is 7.89. The van der Waals surface area contributed by atoms with Crippen molar-refractivity contribution in [2.45, 2.75) is 52.4 Å². The highest BCUT2D eigenvalue weighted by Gasteiger charge is 2.05. The van der Waals surface area contributed by atoms with Crippen LogP contribution in [0.5, 0.6) is 0 Å². The van der Waals surface area contributed by atoms with E-state index in [1.807, 2.05) is 0 Å². The lowest BCUT2D eigenvalue weighted by Crippen LogP contribution is -2.00. The van der Waals surface area contributed by atoms with Crippen molar-refractivity contribution < 1.29 is 0 Å². The molecule has 0 nitrogen and oxygen atoms in total. The van der Waals surface area contributed by atoms with Crippen LogP contribution in [0.15, 0.2) is 28.7 Å². The summed E-state index contributed by atoms with van der Waals surface area (Å²) in [5.74, 6) is 0.801. The van der Waals surface area contributed by atoms with Gasteiger partial charge in [-0.3, -0.25) is 0 Å². The van der Waals surface area contributed by atoms with Crippen molar-refractivity contribution in [1.29, 1.82) is 0 Å². The molecule has 1 heteroatoms. The Morgan fingerprint density at radius 2 is 1.88 bits per heavy atom. The molecule has 0 heterocycles. The zero-order valence-electron chi connectivity index (χ0n) is 10.5. The Morgan fingerprint density at radius 3 is 2.56 bits per heavy atom. The fraction of sp³-hybridized carbons (Fsp3) is 0.600. The molecule has 0 N–H and O–H groups in total. The lowest BCUT2D eigenvalue weighted by atomic mass is 9.95. The van der Waals surface area contributed by atoms with Crippen molar-refractivity contribution in [2.75, 3.05) is 0 Å². The monoisotopic (exact) mass is 282 g/mol. The smallest absolute Gasteiger partial charge is 0.0207 e. The maximum atomic E-state index is 3.62. The first-order valence-electron chi connectivity index (χ1n) is 6.47. The summed E-state index contributed by atoms with van der Waals surface area (Å²) < 4.78 is 1.26. The molecule has 1 rings (SSSR count). The van der Waals surface area contributed by atoms with E-state index in [0.29, 0.717) is 0 Å². The van der Waals surface area contributed by atoms with Gasteiger partial charge in [0.1, 0.15) is 0 Å². The first-order chi connectivity index (χ1) is 7.74. The Bertz CT molecular complexity index is 293. The highest BCUT2D eigenvalue weighted by atomic mass is 79.9. The summed E-state index contributed by atoms with van der Waals surface area (Å²) in [5.41, 5.74) is 1.45. The van der Waals surface area contributed by atoms with E-state index < -0.39 is 0 Å². The van der Waals surface area contributed by atoms with Crippen LogP contribution < -0.4 is 0 Å². The number of hydrogen-bond acceptors (Lipinski definition) is 0. The molecule has 0 bridgehead atoms. The van der Waals surface area contributed by atoms with E-state index in [1.54, 1.807) is 0 Å². The molecule has 0 saturated heterocycles. The molecule has 1 atom stereocenters. The topological polar surface area (TPSA) is 0 Å². The van der Waals surface area contributed by atoms with Crippen LogP contribution in [0, 0.1) is 5.92 Å². The zero-order chi connectivity index (χ0) is 11.8. The molecular formula is C15H23Br. The predicted molar refractivity (Wildman–Crippen MR) is 75.8 cm³/mol. The van der Waals surface area contributed by atoms with E-state index in [-0.39, 0.29) is 0 Å². The first kappa shape index (κ1) is 13.8. The quantitative estimate of drug-likeness (QED) is 0.571. The lowest BCUT2D eigenvalue weighted by molar-refractivity contribution is 0.486. The van der Waals surface area contributed by atoms with Crippen molar-refractivity contribution >= 4 is 15.9 Å². The Balaban J connectivity index is 2.28. The van der Waals surface area contributed by atoms with Crippen LogP contribution in [0.1, 0.15) is 51.5 Å². The van der Waals surface area contributed by atoms with Crippen LogP contribution in [0.4, 0.5) is 0 Å². The molecule has 0 aromatic heterocycles. The molecule has 16 heavy (non-hydrogen) atoms. The largest absolute Gasteiger partial charge is 0.0654 e. The molecule has 1 unspecified atom stereocenters. The Hall–Kier alpha value is -0.300. The summed E-state index contributed by atoms with van der Waals surface area (Å²) in [6, 6.07) is 8.58. The fourth-order valence-corrected chi connectivity index (χ4v) is 2.51. The van der Waals surface area contributed by atoms with Crippen molar-refractivity contribution in [3.8, 4) is 0 Å². The summed E-state index contributed by atoms with van der Waals surface area (Å²) in [5, 5.41) is 0. The summed E-state index contributed by atoms with van der Waals surface area (Å²) in [6.45, 7) is 4.63. The molecule has 0 saturated carbocycles. The standard InChI is InChI=1S/C15H23Br/c1-3-4-5-6-9-13(2)12-14-10-7-8-11-15(14)16/h7-8,10-11,13H,3-6,9,12H2,1-2H3. The summed E-state index contributed by atoms with van der Waals surface area (Å²) in [4.78, 5) is 0. The van der Waals surface area contributed by atoms with Gasteiger partial charge in [0.15, 0.2) is 0 Å². The van der Waals surface area contributed by atoms with Gasteiger partial charge in [0.2, 0.25) is 0 Å². The van der Waals surface area contributed by atoms with Gasteiger partial charge in [-0.15, -0.1) is 0 Å². The third-order valence-corrected chi connectivity index (χ3v) is 3.85. The molecule has 0 aliphatic heterocycles. The molecule has 1 aromatic rings. The number of rotatable bonds is 7. The van der Waals surface area contributed by atoms with Crippen molar-refractivity contribution in [1.82, 2.24) is 0 Å². The lowest BCUT2D eigenvalue weighted by Gasteiger charge is -2.12. The third-order valence-electron chi connectivity index (χ3n) is 3.08. The van der Waals surface area contributed by atoms with E-state index >= 15 is 0 Å². The third kappa shape index (κ3) is 5.16. The van der Waals surface area contributed by atoms with Crippen molar-refractivity contribution in [3.63, 3.8) is 0 Å². The van der Waals surface area contributed by atoms with Crippen LogP contribution in [-0.2, 0) is 6.42 Å². The van der Waals surface area contributed by atoms with Gasteiger partial charge in [-0.25, -0.2) is 0 Å². The second-order valence-corrected chi connectivity index (χ2v) is 5.60. The second-order valence-electron chi connectivity index (χ2n) is 4.75. The van der Waals surface area contributed by atoms with Crippen LogP contribution in [0.2, 0.25) is 0 Å². The van der Waals surface area contributed by atoms with Gasteiger partial charge in [-0.1, -0.05) is 80.1 Å². The van der Waals surface area contributed by atoms with Gasteiger partial charge in [-0.05, 0) is 24.0 Å². The van der Waals surface area contributed by atoms with Gasteiger partial charge in [0, 0.05) is 4.47 Å². The van der Waals surface area contributed by atoms with E-state index in [9.17, 15) is 0 Å². The van der Waals surface area contributed by atoms with Crippen LogP contribution in [-0.4, -0.2) is 0 Å². The Morgan fingerprint density at radius 1 is 1.12 bits per heavy atom. The minimum atomic E-state index is 0.801. The molecule has 0 aliphatic rings. The van der Waals surface area contributed by atoms with E-state index in [4.69, 9.17) is 0 Å². The Kier molecular flexibility index (Phi) is 6.79. The van der Waals surface area contributed by atoms with Gasteiger partial charge in [0.05, 0.1) is 0 Å². The van der Waals surface area contributed by atoms with E-state index in [0.717, 1.165) is 5.92 Å². The molecule has 0 aliphatic carbocycles. The van der Waals surface area contributed by atoms with Gasteiger partial charge < -0.3 is 0 Å². The zero-order valence-corrected chi connectivity index (χ0v) is 12.1. The Labute approximate surface area is 109 Å². The number of benzene rings is 1. The molecule has 1 aromatic carbocycles.